The van der Waals surface area contributed by atoms with E-state index in [0.29, 0.717) is 11.6 Å². The van der Waals surface area contributed by atoms with Crippen molar-refractivity contribution in [3.8, 4) is 17.1 Å². The third-order valence-corrected chi connectivity index (χ3v) is 5.60. The van der Waals surface area contributed by atoms with Crippen LogP contribution >= 0.6 is 0 Å². The molecule has 33 heavy (non-hydrogen) atoms. The first kappa shape index (κ1) is 22.4. The zero-order valence-corrected chi connectivity index (χ0v) is 18.7. The molecule has 0 saturated carbocycles. The first-order chi connectivity index (χ1) is 16.1. The highest BCUT2D eigenvalue weighted by Crippen LogP contribution is 2.20. The predicted molar refractivity (Wildman–Crippen MR) is 125 cm³/mol. The van der Waals surface area contributed by atoms with Crippen molar-refractivity contribution >= 4 is 11.7 Å². The first-order valence-electron chi connectivity index (χ1n) is 11.2. The van der Waals surface area contributed by atoms with Gasteiger partial charge < -0.3 is 15.0 Å². The van der Waals surface area contributed by atoms with Gasteiger partial charge in [0.05, 0.1) is 12.2 Å². The third-order valence-electron chi connectivity index (χ3n) is 5.60. The second-order valence-corrected chi connectivity index (χ2v) is 7.95. The number of carbonyl (C=O) groups is 1. The van der Waals surface area contributed by atoms with Crippen LogP contribution in [0.4, 0.5) is 5.82 Å². The van der Waals surface area contributed by atoms with Crippen LogP contribution in [0.1, 0.15) is 32.2 Å². The molecule has 1 aliphatic heterocycles. The van der Waals surface area contributed by atoms with Crippen molar-refractivity contribution in [1.82, 2.24) is 25.1 Å². The minimum atomic E-state index is -0.758. The molecule has 3 aromatic rings. The molecule has 1 amide bonds. The number of hydrogen-bond donors (Lipinski definition) is 1. The lowest BCUT2D eigenvalue weighted by Gasteiger charge is -2.27. The minimum absolute atomic E-state index is 0.251. The fraction of sp³-hybridized carbons (Fsp3) is 0.375. The van der Waals surface area contributed by atoms with Crippen LogP contribution in [-0.2, 0) is 4.79 Å². The van der Waals surface area contributed by atoms with Crippen molar-refractivity contribution in [2.24, 2.45) is 0 Å². The van der Waals surface area contributed by atoms with E-state index in [9.17, 15) is 9.59 Å². The Morgan fingerprint density at radius 1 is 1.09 bits per heavy atom. The normalized spacial score (nSPS) is 14.5. The van der Waals surface area contributed by atoms with Gasteiger partial charge in [0.15, 0.2) is 0 Å². The average molecular weight is 449 g/mol. The van der Waals surface area contributed by atoms with E-state index in [-0.39, 0.29) is 24.6 Å². The molecule has 9 heteroatoms. The number of hydrogen-bond acceptors (Lipinski definition) is 7. The Hall–Kier alpha value is -3.75. The summed E-state index contributed by atoms with van der Waals surface area (Å²) >= 11 is 0. The number of rotatable bonds is 8. The minimum Gasteiger partial charge on any atom is -0.476 e. The molecule has 1 atom stereocenters. The SMILES string of the molecule is C[C@H](C(=O)NCCOc1cc(N2CCCCC2)ncn1)n1nc(-c2ccccc2)ccc1=O. The molecule has 1 fully saturated rings. The Morgan fingerprint density at radius 2 is 1.88 bits per heavy atom. The predicted octanol–water partition coefficient (Wildman–Crippen LogP) is 2.45. The van der Waals surface area contributed by atoms with Gasteiger partial charge >= 0.3 is 0 Å². The fourth-order valence-electron chi connectivity index (χ4n) is 3.76. The van der Waals surface area contributed by atoms with Gasteiger partial charge in [0, 0.05) is 30.8 Å². The summed E-state index contributed by atoms with van der Waals surface area (Å²) in [4.78, 5) is 35.6. The maximum Gasteiger partial charge on any atom is 0.267 e. The Balaban J connectivity index is 1.31. The molecular weight excluding hydrogens is 420 g/mol. The molecule has 1 aliphatic rings. The first-order valence-corrected chi connectivity index (χ1v) is 11.2. The van der Waals surface area contributed by atoms with E-state index in [1.54, 1.807) is 13.0 Å². The highest BCUT2D eigenvalue weighted by atomic mass is 16.5. The van der Waals surface area contributed by atoms with Crippen molar-refractivity contribution in [3.63, 3.8) is 0 Å². The van der Waals surface area contributed by atoms with Crippen LogP contribution in [0.5, 0.6) is 5.88 Å². The molecule has 1 aromatic carbocycles. The molecule has 9 nitrogen and oxygen atoms in total. The van der Waals surface area contributed by atoms with Crippen molar-refractivity contribution < 1.29 is 9.53 Å². The maximum absolute atomic E-state index is 12.6. The standard InChI is InChI=1S/C24H28N6O3/c1-18(30-23(31)11-10-20(28-30)19-8-4-2-5-9-19)24(32)25-12-15-33-22-16-21(26-17-27-22)29-13-6-3-7-14-29/h2,4-5,8-11,16-18H,3,6-7,12-15H2,1H3,(H,25,32)/t18-/m1/s1. The number of amides is 1. The molecule has 0 bridgehead atoms. The summed E-state index contributed by atoms with van der Waals surface area (Å²) in [6, 6.07) is 13.7. The van der Waals surface area contributed by atoms with Gasteiger partial charge in [-0.3, -0.25) is 9.59 Å². The van der Waals surface area contributed by atoms with Crippen molar-refractivity contribution in [1.29, 1.82) is 0 Å². The Labute approximate surface area is 192 Å². The van der Waals surface area contributed by atoms with Crippen molar-refractivity contribution in [2.45, 2.75) is 32.2 Å². The van der Waals surface area contributed by atoms with E-state index in [1.165, 1.54) is 23.5 Å². The van der Waals surface area contributed by atoms with Gasteiger partial charge in [-0.25, -0.2) is 14.6 Å². The molecular formula is C24H28N6O3. The number of aromatic nitrogens is 4. The zero-order valence-electron chi connectivity index (χ0n) is 18.7. The third kappa shape index (κ3) is 5.74. The number of benzene rings is 1. The molecule has 1 N–H and O–H groups in total. The summed E-state index contributed by atoms with van der Waals surface area (Å²) < 4.78 is 6.90. The molecule has 0 spiro atoms. The number of nitrogens with zero attached hydrogens (tertiary/aromatic N) is 5. The quantitative estimate of drug-likeness (QED) is 0.528. The lowest BCUT2D eigenvalue weighted by Crippen LogP contribution is -2.38. The van der Waals surface area contributed by atoms with Gasteiger partial charge in [-0.15, -0.1) is 0 Å². The maximum atomic E-state index is 12.6. The Kier molecular flexibility index (Phi) is 7.29. The van der Waals surface area contributed by atoms with Crippen LogP contribution < -0.4 is 20.5 Å². The number of piperidine rings is 1. The van der Waals surface area contributed by atoms with Gasteiger partial charge in [0.25, 0.3) is 5.56 Å². The molecule has 0 unspecified atom stereocenters. The fourth-order valence-corrected chi connectivity index (χ4v) is 3.76. The molecule has 0 aliphatic carbocycles. The zero-order chi connectivity index (χ0) is 23.0. The second-order valence-electron chi connectivity index (χ2n) is 7.95. The smallest absolute Gasteiger partial charge is 0.267 e. The largest absolute Gasteiger partial charge is 0.476 e. The number of nitrogens with one attached hydrogen (secondary N) is 1. The van der Waals surface area contributed by atoms with E-state index in [2.05, 4.69) is 25.3 Å². The van der Waals surface area contributed by atoms with Crippen LogP contribution in [0.3, 0.4) is 0 Å². The Morgan fingerprint density at radius 3 is 2.67 bits per heavy atom. The number of anilines is 1. The lowest BCUT2D eigenvalue weighted by molar-refractivity contribution is -0.124. The summed E-state index contributed by atoms with van der Waals surface area (Å²) in [6.07, 6.45) is 5.08. The van der Waals surface area contributed by atoms with Gasteiger partial charge in [0.1, 0.15) is 24.8 Å². The Bertz CT molecular complexity index is 1130. The van der Waals surface area contributed by atoms with Crippen LogP contribution in [0, 0.1) is 0 Å². The van der Waals surface area contributed by atoms with Crippen molar-refractivity contribution in [3.05, 3.63) is 65.2 Å². The summed E-state index contributed by atoms with van der Waals surface area (Å²) in [5.74, 6) is 1.03. The average Bonchev–Trinajstić information content (AvgIpc) is 2.87. The highest BCUT2D eigenvalue weighted by molar-refractivity contribution is 5.79. The molecule has 4 rings (SSSR count). The lowest BCUT2D eigenvalue weighted by atomic mass is 10.1. The van der Waals surface area contributed by atoms with E-state index < -0.39 is 6.04 Å². The molecule has 0 radical (unpaired) electrons. The molecule has 172 valence electrons. The van der Waals surface area contributed by atoms with Crippen LogP contribution in [0.15, 0.2) is 59.7 Å². The number of ether oxygens (including phenoxy) is 1. The van der Waals surface area contributed by atoms with Gasteiger partial charge in [-0.05, 0) is 32.3 Å². The summed E-state index contributed by atoms with van der Waals surface area (Å²) in [5, 5.41) is 7.18. The summed E-state index contributed by atoms with van der Waals surface area (Å²) in [5.41, 5.74) is 1.17. The molecule has 1 saturated heterocycles. The van der Waals surface area contributed by atoms with Crippen LogP contribution in [0.2, 0.25) is 0 Å². The topological polar surface area (TPSA) is 102 Å². The second kappa shape index (κ2) is 10.7. The van der Waals surface area contributed by atoms with E-state index >= 15 is 0 Å². The van der Waals surface area contributed by atoms with Gasteiger partial charge in [0.2, 0.25) is 11.8 Å². The van der Waals surface area contributed by atoms with Gasteiger partial charge in [-0.2, -0.15) is 5.10 Å². The van der Waals surface area contributed by atoms with E-state index in [1.807, 2.05) is 36.4 Å². The monoisotopic (exact) mass is 448 g/mol. The van der Waals surface area contributed by atoms with E-state index in [0.717, 1.165) is 37.3 Å². The van der Waals surface area contributed by atoms with Crippen LogP contribution in [0.25, 0.3) is 11.3 Å². The molecule has 2 aromatic heterocycles. The summed E-state index contributed by atoms with van der Waals surface area (Å²) in [6.45, 7) is 4.15. The number of carbonyl (C=O) groups excluding carboxylic acids is 1. The van der Waals surface area contributed by atoms with E-state index in [4.69, 9.17) is 4.74 Å². The molecule has 3 heterocycles. The highest BCUT2D eigenvalue weighted by Gasteiger charge is 2.18. The summed E-state index contributed by atoms with van der Waals surface area (Å²) in [7, 11) is 0. The van der Waals surface area contributed by atoms with Crippen LogP contribution in [-0.4, -0.2) is 51.9 Å². The van der Waals surface area contributed by atoms with Gasteiger partial charge in [-0.1, -0.05) is 30.3 Å². The van der Waals surface area contributed by atoms with Crippen molar-refractivity contribution in [2.75, 3.05) is 31.1 Å².